The summed E-state index contributed by atoms with van der Waals surface area (Å²) < 4.78 is 0. The van der Waals surface area contributed by atoms with Gasteiger partial charge in [0.05, 0.1) is 0 Å². The fourth-order valence-corrected chi connectivity index (χ4v) is 2.72. The molecule has 0 unspecified atom stereocenters. The van der Waals surface area contributed by atoms with Crippen molar-refractivity contribution in [2.24, 2.45) is 0 Å². The van der Waals surface area contributed by atoms with Gasteiger partial charge in [-0.1, -0.05) is 13.8 Å². The molecule has 2 aromatic rings. The second-order valence-corrected chi connectivity index (χ2v) is 6.04. The topological polar surface area (TPSA) is 90.6 Å². The molecule has 0 saturated carbocycles. The Morgan fingerprint density at radius 1 is 1.27 bits per heavy atom. The second kappa shape index (κ2) is 5.79. The Kier molecular flexibility index (Phi) is 3.83. The summed E-state index contributed by atoms with van der Waals surface area (Å²) in [5, 5.41) is 9.61. The molecule has 0 saturated heterocycles. The summed E-state index contributed by atoms with van der Waals surface area (Å²) in [6.07, 6.45) is 3.97. The van der Waals surface area contributed by atoms with E-state index in [1.807, 2.05) is 13.8 Å². The maximum Gasteiger partial charge on any atom is 0.262 e. The number of nitrogens with zero attached hydrogens (tertiary/aromatic N) is 1. The lowest BCUT2D eigenvalue weighted by molar-refractivity contribution is 0.102. The normalized spacial score (nSPS) is 14.0. The lowest BCUT2D eigenvalue weighted by atomic mass is 9.95. The van der Waals surface area contributed by atoms with Crippen LogP contribution < -0.4 is 10.9 Å². The Hall–Kier alpha value is -2.37. The number of rotatable bonds is 3. The summed E-state index contributed by atoms with van der Waals surface area (Å²) in [5.74, 6) is 0.313. The fourth-order valence-electron chi connectivity index (χ4n) is 2.72. The first-order valence-corrected chi connectivity index (χ1v) is 7.66. The van der Waals surface area contributed by atoms with E-state index < -0.39 is 5.91 Å². The Morgan fingerprint density at radius 2 is 2.05 bits per heavy atom. The number of anilines is 1. The molecule has 0 bridgehead atoms. The van der Waals surface area contributed by atoms with Gasteiger partial charge in [0.15, 0.2) is 5.82 Å². The van der Waals surface area contributed by atoms with Crippen LogP contribution in [-0.4, -0.2) is 21.1 Å². The van der Waals surface area contributed by atoms with Gasteiger partial charge in [-0.05, 0) is 43.2 Å². The van der Waals surface area contributed by atoms with Crippen LogP contribution in [0.1, 0.15) is 59.9 Å². The number of carbonyl (C=O) groups excluding carboxylic acids is 1. The standard InChI is InChI=1S/C16H20N4O2/c1-9(2)13-8-14(20-19-13)18-16(22)11-7-10-5-3-4-6-12(10)17-15(11)21/h7-9H,3-6H2,1-2H3,(H,17,21)(H2,18,19,20,22). The molecule has 0 aliphatic heterocycles. The molecule has 6 heteroatoms. The SMILES string of the molecule is CC(C)c1cc(NC(=O)c2cc3c([nH]c2=O)CCCC3)n[nH]1. The third-order valence-corrected chi connectivity index (χ3v) is 4.04. The number of nitrogens with one attached hydrogen (secondary N) is 3. The fraction of sp³-hybridized carbons (Fsp3) is 0.438. The first kappa shape index (κ1) is 14.6. The number of hydrogen-bond donors (Lipinski definition) is 3. The van der Waals surface area contributed by atoms with Crippen LogP contribution in [0.4, 0.5) is 5.82 Å². The third kappa shape index (κ3) is 2.81. The zero-order valence-corrected chi connectivity index (χ0v) is 12.8. The molecule has 2 aromatic heterocycles. The van der Waals surface area contributed by atoms with E-state index in [0.29, 0.717) is 11.7 Å². The van der Waals surface area contributed by atoms with Gasteiger partial charge >= 0.3 is 0 Å². The van der Waals surface area contributed by atoms with Crippen LogP contribution in [0, 0.1) is 0 Å². The van der Waals surface area contributed by atoms with Crippen molar-refractivity contribution in [3.05, 3.63) is 45.0 Å². The number of aromatic nitrogens is 3. The van der Waals surface area contributed by atoms with E-state index in [1.165, 1.54) is 0 Å². The summed E-state index contributed by atoms with van der Waals surface area (Å²) >= 11 is 0. The van der Waals surface area contributed by atoms with Gasteiger partial charge in [-0.3, -0.25) is 14.7 Å². The third-order valence-electron chi connectivity index (χ3n) is 4.04. The Bertz CT molecular complexity index is 758. The average Bonchev–Trinajstić information content (AvgIpc) is 2.95. The summed E-state index contributed by atoms with van der Waals surface area (Å²) in [7, 11) is 0. The highest BCUT2D eigenvalue weighted by Crippen LogP contribution is 2.19. The van der Waals surface area contributed by atoms with E-state index in [2.05, 4.69) is 20.5 Å². The number of fused-ring (bicyclic) bond motifs is 1. The predicted molar refractivity (Wildman–Crippen MR) is 84.3 cm³/mol. The van der Waals surface area contributed by atoms with Gasteiger partial charge in [0.1, 0.15) is 5.56 Å². The van der Waals surface area contributed by atoms with E-state index in [-0.39, 0.29) is 11.1 Å². The molecule has 1 aliphatic carbocycles. The van der Waals surface area contributed by atoms with Crippen LogP contribution in [0.15, 0.2) is 16.9 Å². The molecule has 3 N–H and O–H groups in total. The minimum Gasteiger partial charge on any atom is -0.325 e. The van der Waals surface area contributed by atoms with Crippen molar-refractivity contribution >= 4 is 11.7 Å². The van der Waals surface area contributed by atoms with Crippen LogP contribution in [0.2, 0.25) is 0 Å². The first-order chi connectivity index (χ1) is 10.5. The quantitative estimate of drug-likeness (QED) is 0.812. The minimum atomic E-state index is -0.420. The zero-order valence-electron chi connectivity index (χ0n) is 12.8. The molecule has 0 spiro atoms. The molecular formula is C16H20N4O2. The van der Waals surface area contributed by atoms with E-state index in [9.17, 15) is 9.59 Å². The highest BCUT2D eigenvalue weighted by atomic mass is 16.2. The maximum absolute atomic E-state index is 12.3. The number of amides is 1. The van der Waals surface area contributed by atoms with Crippen molar-refractivity contribution in [3.8, 4) is 0 Å². The number of pyridine rings is 1. The average molecular weight is 300 g/mol. The maximum atomic E-state index is 12.3. The minimum absolute atomic E-state index is 0.148. The largest absolute Gasteiger partial charge is 0.325 e. The van der Waals surface area contributed by atoms with Crippen LogP contribution in [0.25, 0.3) is 0 Å². The van der Waals surface area contributed by atoms with Gasteiger partial charge in [-0.15, -0.1) is 0 Å². The van der Waals surface area contributed by atoms with Crippen LogP contribution >= 0.6 is 0 Å². The molecule has 116 valence electrons. The van der Waals surface area contributed by atoms with E-state index in [0.717, 1.165) is 42.6 Å². The van der Waals surface area contributed by atoms with Crippen LogP contribution in [0.3, 0.4) is 0 Å². The van der Waals surface area contributed by atoms with Gasteiger partial charge < -0.3 is 10.3 Å². The van der Waals surface area contributed by atoms with Crippen molar-refractivity contribution in [1.82, 2.24) is 15.2 Å². The number of aryl methyl sites for hydroxylation is 2. The molecule has 22 heavy (non-hydrogen) atoms. The Balaban J connectivity index is 1.84. The Morgan fingerprint density at radius 3 is 2.77 bits per heavy atom. The number of carbonyl (C=O) groups is 1. The summed E-state index contributed by atoms with van der Waals surface area (Å²) in [4.78, 5) is 27.2. The molecule has 0 radical (unpaired) electrons. The number of hydrogen-bond acceptors (Lipinski definition) is 3. The smallest absolute Gasteiger partial charge is 0.262 e. The van der Waals surface area contributed by atoms with E-state index >= 15 is 0 Å². The molecule has 3 rings (SSSR count). The Labute approximate surface area is 128 Å². The molecule has 1 amide bonds. The zero-order chi connectivity index (χ0) is 15.7. The predicted octanol–water partition coefficient (Wildman–Crippen LogP) is 2.35. The van der Waals surface area contributed by atoms with Gasteiger partial charge in [0.2, 0.25) is 0 Å². The second-order valence-electron chi connectivity index (χ2n) is 6.04. The molecule has 2 heterocycles. The van der Waals surface area contributed by atoms with Crippen molar-refractivity contribution < 1.29 is 4.79 Å². The van der Waals surface area contributed by atoms with Gasteiger partial charge in [-0.25, -0.2) is 0 Å². The molecule has 1 aliphatic rings. The van der Waals surface area contributed by atoms with Crippen molar-refractivity contribution in [1.29, 1.82) is 0 Å². The van der Waals surface area contributed by atoms with Crippen LogP contribution in [0.5, 0.6) is 0 Å². The highest BCUT2D eigenvalue weighted by Gasteiger charge is 2.18. The molecule has 0 atom stereocenters. The summed E-state index contributed by atoms with van der Waals surface area (Å²) in [6.45, 7) is 4.07. The highest BCUT2D eigenvalue weighted by molar-refractivity contribution is 6.03. The lowest BCUT2D eigenvalue weighted by Gasteiger charge is -2.15. The van der Waals surface area contributed by atoms with Gasteiger partial charge in [-0.2, -0.15) is 5.10 Å². The molecular weight excluding hydrogens is 280 g/mol. The summed E-state index contributed by atoms with van der Waals surface area (Å²) in [6, 6.07) is 3.51. The number of aromatic amines is 2. The van der Waals surface area contributed by atoms with Gasteiger partial charge in [0, 0.05) is 17.5 Å². The molecule has 0 fully saturated rings. The molecule has 6 nitrogen and oxygen atoms in total. The monoisotopic (exact) mass is 300 g/mol. The lowest BCUT2D eigenvalue weighted by Crippen LogP contribution is -2.26. The van der Waals surface area contributed by atoms with E-state index in [1.54, 1.807) is 12.1 Å². The van der Waals surface area contributed by atoms with Crippen LogP contribution in [-0.2, 0) is 12.8 Å². The van der Waals surface area contributed by atoms with Gasteiger partial charge in [0.25, 0.3) is 11.5 Å². The van der Waals surface area contributed by atoms with Crippen molar-refractivity contribution in [2.75, 3.05) is 5.32 Å². The van der Waals surface area contributed by atoms with Crippen molar-refractivity contribution in [3.63, 3.8) is 0 Å². The first-order valence-electron chi connectivity index (χ1n) is 7.66. The number of H-pyrrole nitrogens is 2. The molecule has 0 aromatic carbocycles. The van der Waals surface area contributed by atoms with E-state index in [4.69, 9.17) is 0 Å². The van der Waals surface area contributed by atoms with Crippen molar-refractivity contribution in [2.45, 2.75) is 45.4 Å². The summed E-state index contributed by atoms with van der Waals surface area (Å²) in [5.41, 5.74) is 2.79.